The maximum Gasteiger partial charge on any atom is 0.339 e. The van der Waals surface area contributed by atoms with Crippen LogP contribution < -0.4 is 15.1 Å². The number of nitrogens with one attached hydrogen (secondary N) is 1. The van der Waals surface area contributed by atoms with E-state index >= 15 is 0 Å². The quantitative estimate of drug-likeness (QED) is 0.139. The molecule has 1 N–H and O–H groups in total. The molecule has 1 aromatic heterocycles. The molecular weight excluding hydrogens is 484 g/mol. The summed E-state index contributed by atoms with van der Waals surface area (Å²) < 4.78 is 36.6. The van der Waals surface area contributed by atoms with Crippen LogP contribution in [0.3, 0.4) is 0 Å². The summed E-state index contributed by atoms with van der Waals surface area (Å²) in [5.74, 6) is 0.205. The van der Waals surface area contributed by atoms with Crippen LogP contribution in [-0.2, 0) is 16.7 Å². The van der Waals surface area contributed by atoms with Crippen LogP contribution in [0.1, 0.15) is 5.56 Å². The number of hydrogen-bond acceptors (Lipinski definition) is 8. The van der Waals surface area contributed by atoms with Crippen LogP contribution in [0.15, 0.2) is 105 Å². The lowest BCUT2D eigenvalue weighted by Crippen LogP contribution is -2.11. The van der Waals surface area contributed by atoms with Crippen molar-refractivity contribution in [3.05, 3.63) is 117 Å². The molecule has 36 heavy (non-hydrogen) atoms. The Morgan fingerprint density at radius 1 is 0.861 bits per heavy atom. The minimum Gasteiger partial charge on any atom is -0.423 e. The molecule has 0 aliphatic heterocycles. The summed E-state index contributed by atoms with van der Waals surface area (Å²) in [6.45, 7) is 0.210. The van der Waals surface area contributed by atoms with Gasteiger partial charge in [-0.3, -0.25) is 10.1 Å². The highest BCUT2D eigenvalue weighted by molar-refractivity contribution is 7.87. The van der Waals surface area contributed by atoms with Crippen LogP contribution in [0.2, 0.25) is 0 Å². The van der Waals surface area contributed by atoms with E-state index in [1.165, 1.54) is 30.3 Å². The maximum atomic E-state index is 13.0. The van der Waals surface area contributed by atoms with Gasteiger partial charge in [0.15, 0.2) is 0 Å². The average molecular weight is 503 g/mol. The van der Waals surface area contributed by atoms with Crippen molar-refractivity contribution in [2.45, 2.75) is 11.4 Å². The van der Waals surface area contributed by atoms with Gasteiger partial charge in [-0.2, -0.15) is 8.42 Å². The zero-order chi connectivity index (χ0) is 25.3. The largest absolute Gasteiger partial charge is 0.423 e. The fraction of sp³-hybridized carbons (Fsp3) is 0.0385. The highest BCUT2D eigenvalue weighted by Gasteiger charge is 2.21. The van der Waals surface area contributed by atoms with Crippen LogP contribution in [-0.4, -0.2) is 13.3 Å². The third kappa shape index (κ3) is 4.49. The summed E-state index contributed by atoms with van der Waals surface area (Å²) in [7, 11) is -4.11. The number of fused-ring (bicyclic) bond motifs is 2. The summed E-state index contributed by atoms with van der Waals surface area (Å²) in [5, 5.41) is 15.9. The van der Waals surface area contributed by atoms with Gasteiger partial charge in [-0.1, -0.05) is 48.5 Å². The Bertz CT molecular complexity index is 1780. The van der Waals surface area contributed by atoms with Crippen LogP contribution in [0.4, 0.5) is 11.4 Å². The molecule has 5 aromatic rings. The third-order valence-electron chi connectivity index (χ3n) is 5.60. The first kappa shape index (κ1) is 23.1. The van der Waals surface area contributed by atoms with Crippen molar-refractivity contribution in [1.29, 1.82) is 0 Å². The molecule has 4 aromatic carbocycles. The SMILES string of the molecule is O=c1cc(NCc2ccc(S(=O)(=O)Oc3ccccc3)c3ccccc23)c2cc([N+](=O)[O-])ccc2o1. The first-order valence-electron chi connectivity index (χ1n) is 10.8. The van der Waals surface area contributed by atoms with E-state index in [0.29, 0.717) is 21.8 Å². The zero-order valence-corrected chi connectivity index (χ0v) is 19.4. The molecule has 180 valence electrons. The van der Waals surface area contributed by atoms with E-state index in [2.05, 4.69) is 5.32 Å². The van der Waals surface area contributed by atoms with Gasteiger partial charge in [0.05, 0.1) is 10.6 Å². The molecule has 0 fully saturated rings. The first-order valence-corrected chi connectivity index (χ1v) is 12.2. The fourth-order valence-electron chi connectivity index (χ4n) is 3.95. The van der Waals surface area contributed by atoms with Crippen molar-refractivity contribution < 1.29 is 21.9 Å². The molecule has 0 unspecified atom stereocenters. The van der Waals surface area contributed by atoms with E-state index < -0.39 is 20.7 Å². The van der Waals surface area contributed by atoms with Gasteiger partial charge in [-0.25, -0.2) is 4.79 Å². The molecule has 0 radical (unpaired) electrons. The average Bonchev–Trinajstić information content (AvgIpc) is 2.86. The number of non-ortho nitro benzene ring substituents is 1. The van der Waals surface area contributed by atoms with Gasteiger partial charge < -0.3 is 13.9 Å². The highest BCUT2D eigenvalue weighted by atomic mass is 32.2. The van der Waals surface area contributed by atoms with Crippen LogP contribution >= 0.6 is 0 Å². The van der Waals surface area contributed by atoms with Crippen molar-refractivity contribution in [1.82, 2.24) is 0 Å². The van der Waals surface area contributed by atoms with Crippen LogP contribution in [0, 0.1) is 10.1 Å². The Balaban J connectivity index is 1.52. The van der Waals surface area contributed by atoms with Gasteiger partial charge in [-0.15, -0.1) is 0 Å². The van der Waals surface area contributed by atoms with Crippen molar-refractivity contribution >= 4 is 43.2 Å². The second kappa shape index (κ2) is 9.16. The lowest BCUT2D eigenvalue weighted by molar-refractivity contribution is -0.384. The monoisotopic (exact) mass is 502 g/mol. The minimum atomic E-state index is -4.11. The highest BCUT2D eigenvalue weighted by Crippen LogP contribution is 2.30. The third-order valence-corrected chi connectivity index (χ3v) is 6.91. The Morgan fingerprint density at radius 3 is 2.33 bits per heavy atom. The number of nitro groups is 1. The molecule has 0 aliphatic carbocycles. The summed E-state index contributed by atoms with van der Waals surface area (Å²) in [6.07, 6.45) is 0. The second-order valence-corrected chi connectivity index (χ2v) is 9.40. The Kier molecular flexibility index (Phi) is 5.87. The number of anilines is 1. The minimum absolute atomic E-state index is 0.0205. The Morgan fingerprint density at radius 2 is 1.58 bits per heavy atom. The number of benzene rings is 4. The van der Waals surface area contributed by atoms with Gasteiger partial charge in [0.25, 0.3) is 5.69 Å². The van der Waals surface area contributed by atoms with E-state index in [-0.39, 0.29) is 28.5 Å². The van der Waals surface area contributed by atoms with Gasteiger partial charge >= 0.3 is 15.7 Å². The molecule has 5 rings (SSSR count). The van der Waals surface area contributed by atoms with Crippen LogP contribution in [0.25, 0.3) is 21.7 Å². The number of hydrogen-bond donors (Lipinski definition) is 1. The number of para-hydroxylation sites is 1. The molecule has 10 heteroatoms. The van der Waals surface area contributed by atoms with Crippen molar-refractivity contribution in [2.75, 3.05) is 5.32 Å². The molecule has 0 spiro atoms. The fourth-order valence-corrected chi connectivity index (χ4v) is 5.09. The van der Waals surface area contributed by atoms with Crippen molar-refractivity contribution in [3.63, 3.8) is 0 Å². The topological polar surface area (TPSA) is 129 Å². The smallest absolute Gasteiger partial charge is 0.339 e. The second-order valence-electron chi connectivity index (χ2n) is 7.89. The van der Waals surface area contributed by atoms with Gasteiger partial charge in [0.2, 0.25) is 0 Å². The van der Waals surface area contributed by atoms with Gasteiger partial charge in [0, 0.05) is 35.5 Å². The van der Waals surface area contributed by atoms with E-state index in [1.807, 2.05) is 0 Å². The zero-order valence-electron chi connectivity index (χ0n) is 18.6. The van der Waals surface area contributed by atoms with Crippen molar-refractivity contribution in [2.24, 2.45) is 0 Å². The molecule has 0 saturated carbocycles. The lowest BCUT2D eigenvalue weighted by Gasteiger charge is -2.14. The summed E-state index contributed by atoms with van der Waals surface area (Å²) in [5.41, 5.74) is 0.565. The Hall–Kier alpha value is -4.70. The summed E-state index contributed by atoms with van der Waals surface area (Å²) in [6, 6.07) is 23.6. The summed E-state index contributed by atoms with van der Waals surface area (Å²) >= 11 is 0. The molecule has 9 nitrogen and oxygen atoms in total. The van der Waals surface area contributed by atoms with Crippen molar-refractivity contribution in [3.8, 4) is 5.75 Å². The lowest BCUT2D eigenvalue weighted by atomic mass is 10.0. The maximum absolute atomic E-state index is 13.0. The van der Waals surface area contributed by atoms with E-state index in [9.17, 15) is 23.3 Å². The Labute approximate surface area is 204 Å². The van der Waals surface area contributed by atoms with Gasteiger partial charge in [0.1, 0.15) is 16.2 Å². The predicted molar refractivity (Wildman–Crippen MR) is 135 cm³/mol. The first-order chi connectivity index (χ1) is 17.3. The van der Waals surface area contributed by atoms with E-state index in [1.54, 1.807) is 60.7 Å². The standard InChI is InChI=1S/C26H18N2O7S/c29-26-15-23(22-14-18(28(30)31)11-12-24(22)34-26)27-16-17-10-13-25(21-9-5-4-8-20(17)21)36(32,33)35-19-6-2-1-3-7-19/h1-15,27H,16H2. The normalized spacial score (nSPS) is 11.4. The van der Waals surface area contributed by atoms with Crippen LogP contribution in [0.5, 0.6) is 5.75 Å². The molecule has 0 amide bonds. The summed E-state index contributed by atoms with van der Waals surface area (Å²) in [4.78, 5) is 22.7. The number of nitro benzene ring substituents is 1. The predicted octanol–water partition coefficient (Wildman–Crippen LogP) is 5.23. The van der Waals surface area contributed by atoms with E-state index in [4.69, 9.17) is 8.60 Å². The molecule has 0 bridgehead atoms. The molecule has 0 aliphatic rings. The van der Waals surface area contributed by atoms with E-state index in [0.717, 1.165) is 5.56 Å². The number of nitrogens with zero attached hydrogens (tertiary/aromatic N) is 1. The number of rotatable bonds is 7. The molecular formula is C26H18N2O7S. The molecule has 1 heterocycles. The van der Waals surface area contributed by atoms with Gasteiger partial charge in [-0.05, 0) is 35.2 Å². The molecule has 0 atom stereocenters. The molecule has 0 saturated heterocycles.